The maximum absolute atomic E-state index is 6.26. The van der Waals surface area contributed by atoms with E-state index < -0.39 is 0 Å². The molecule has 294 valence electrons. The van der Waals surface area contributed by atoms with E-state index in [1.54, 1.807) is 0 Å². The first kappa shape index (κ1) is 35.2. The van der Waals surface area contributed by atoms with Crippen molar-refractivity contribution in [1.29, 1.82) is 0 Å². The van der Waals surface area contributed by atoms with Crippen molar-refractivity contribution in [1.82, 2.24) is 19.5 Å². The highest BCUT2D eigenvalue weighted by molar-refractivity contribution is 6.11. The lowest BCUT2D eigenvalue weighted by atomic mass is 9.94. The Labute approximate surface area is 361 Å². The standard InChI is InChI=1S/C57H34N4O2/c1-3-13-35(14-4-1)55-58-56(38-25-28-54-48(34-38)45-19-9-12-22-52(45)63-54)60-57(59-55)41-30-39(29-40(31-41)37-24-27-53-47(33-37)44-18-8-11-21-51(44)62-53)36-23-26-50-46(32-36)43-17-7-10-20-49(43)61(50)42-15-5-2-6-16-42/h1-34H. The van der Waals surface area contributed by atoms with Crippen molar-refractivity contribution in [3.05, 3.63) is 206 Å². The molecule has 0 fully saturated rings. The molecule has 0 aliphatic carbocycles. The smallest absolute Gasteiger partial charge is 0.164 e. The van der Waals surface area contributed by atoms with E-state index in [0.29, 0.717) is 17.5 Å². The SMILES string of the molecule is c1ccc(-c2nc(-c3cc(-c4ccc5oc6ccccc6c5c4)cc(-c4ccc5c(c4)c4ccccc4n5-c4ccccc4)c3)nc(-c3ccc4oc5ccccc5c4c3)n2)cc1. The van der Waals surface area contributed by atoms with Crippen LogP contribution in [0.1, 0.15) is 0 Å². The van der Waals surface area contributed by atoms with Crippen LogP contribution < -0.4 is 0 Å². The number of fused-ring (bicyclic) bond motifs is 9. The molecule has 0 atom stereocenters. The number of aromatic nitrogens is 4. The van der Waals surface area contributed by atoms with Gasteiger partial charge in [-0.1, -0.05) is 115 Å². The Kier molecular flexibility index (Phi) is 7.80. The topological polar surface area (TPSA) is 69.9 Å². The summed E-state index contributed by atoms with van der Waals surface area (Å²) in [6.07, 6.45) is 0. The molecule has 6 nitrogen and oxygen atoms in total. The highest BCUT2D eigenvalue weighted by Crippen LogP contribution is 2.40. The summed E-state index contributed by atoms with van der Waals surface area (Å²) in [7, 11) is 0. The average Bonchev–Trinajstić information content (AvgIpc) is 4.03. The van der Waals surface area contributed by atoms with E-state index in [1.807, 2.05) is 72.8 Å². The maximum atomic E-state index is 6.26. The molecule has 0 unspecified atom stereocenters. The Morgan fingerprint density at radius 1 is 0.270 bits per heavy atom. The van der Waals surface area contributed by atoms with Gasteiger partial charge < -0.3 is 13.4 Å². The summed E-state index contributed by atoms with van der Waals surface area (Å²) >= 11 is 0. The number of para-hydroxylation sites is 4. The predicted octanol–water partition coefficient (Wildman–Crippen LogP) is 15.1. The molecule has 0 aliphatic rings. The van der Waals surface area contributed by atoms with E-state index in [-0.39, 0.29) is 0 Å². The molecule has 4 heterocycles. The molecular weight excluding hydrogens is 773 g/mol. The van der Waals surface area contributed by atoms with E-state index in [1.165, 1.54) is 16.3 Å². The zero-order valence-corrected chi connectivity index (χ0v) is 33.7. The van der Waals surface area contributed by atoms with Crippen LogP contribution in [-0.4, -0.2) is 19.5 Å². The Hall–Kier alpha value is -8.61. The first-order chi connectivity index (χ1) is 31.2. The van der Waals surface area contributed by atoms with Gasteiger partial charge in [0.15, 0.2) is 17.5 Å². The minimum absolute atomic E-state index is 0.579. The summed E-state index contributed by atoms with van der Waals surface area (Å²) in [6, 6.07) is 71.8. The van der Waals surface area contributed by atoms with E-state index in [0.717, 1.165) is 94.0 Å². The first-order valence-electron chi connectivity index (χ1n) is 21.1. The lowest BCUT2D eigenvalue weighted by Gasteiger charge is -2.13. The molecule has 0 spiro atoms. The minimum Gasteiger partial charge on any atom is -0.456 e. The van der Waals surface area contributed by atoms with Crippen molar-refractivity contribution in [3.63, 3.8) is 0 Å². The summed E-state index contributed by atoms with van der Waals surface area (Å²) in [6.45, 7) is 0. The van der Waals surface area contributed by atoms with Crippen molar-refractivity contribution in [3.8, 4) is 62.1 Å². The third-order valence-corrected chi connectivity index (χ3v) is 12.2. The molecule has 9 aromatic carbocycles. The number of benzene rings is 9. The quantitative estimate of drug-likeness (QED) is 0.167. The van der Waals surface area contributed by atoms with Gasteiger partial charge >= 0.3 is 0 Å². The number of furan rings is 2. The number of hydrogen-bond donors (Lipinski definition) is 0. The Morgan fingerprint density at radius 2 is 0.714 bits per heavy atom. The molecule has 0 saturated carbocycles. The fraction of sp³-hybridized carbons (Fsp3) is 0. The summed E-state index contributed by atoms with van der Waals surface area (Å²) < 4.78 is 14.8. The van der Waals surface area contributed by atoms with Crippen LogP contribution in [0.2, 0.25) is 0 Å². The molecule has 0 amide bonds. The second kappa shape index (κ2) is 14.0. The molecule has 6 heteroatoms. The molecule has 0 N–H and O–H groups in total. The third kappa shape index (κ3) is 5.84. The zero-order valence-electron chi connectivity index (χ0n) is 33.7. The van der Waals surface area contributed by atoms with Gasteiger partial charge in [0, 0.05) is 54.7 Å². The molecule has 0 bridgehead atoms. The predicted molar refractivity (Wildman–Crippen MR) is 256 cm³/mol. The summed E-state index contributed by atoms with van der Waals surface area (Å²) in [4.78, 5) is 15.6. The summed E-state index contributed by atoms with van der Waals surface area (Å²) in [5.74, 6) is 1.76. The van der Waals surface area contributed by atoms with Crippen molar-refractivity contribution < 1.29 is 8.83 Å². The van der Waals surface area contributed by atoms with E-state index in [9.17, 15) is 0 Å². The fourth-order valence-electron chi connectivity index (χ4n) is 9.22. The van der Waals surface area contributed by atoms with E-state index in [4.69, 9.17) is 23.8 Å². The van der Waals surface area contributed by atoms with Crippen LogP contribution in [-0.2, 0) is 0 Å². The van der Waals surface area contributed by atoms with Gasteiger partial charge in [0.2, 0.25) is 0 Å². The number of rotatable bonds is 6. The monoisotopic (exact) mass is 806 g/mol. The normalized spacial score (nSPS) is 11.8. The van der Waals surface area contributed by atoms with Gasteiger partial charge in [0.1, 0.15) is 22.3 Å². The highest BCUT2D eigenvalue weighted by Gasteiger charge is 2.19. The van der Waals surface area contributed by atoms with Crippen LogP contribution in [0.5, 0.6) is 0 Å². The van der Waals surface area contributed by atoms with Crippen molar-refractivity contribution >= 4 is 65.7 Å². The van der Waals surface area contributed by atoms with Crippen LogP contribution in [0.15, 0.2) is 215 Å². The van der Waals surface area contributed by atoms with E-state index >= 15 is 0 Å². The largest absolute Gasteiger partial charge is 0.456 e. The van der Waals surface area contributed by atoms with Crippen LogP contribution in [0, 0.1) is 0 Å². The Balaban J connectivity index is 1.04. The van der Waals surface area contributed by atoms with Gasteiger partial charge in [-0.3, -0.25) is 0 Å². The molecule has 0 aliphatic heterocycles. The second-order valence-electron chi connectivity index (χ2n) is 16.0. The molecular formula is C57H34N4O2. The van der Waals surface area contributed by atoms with Crippen LogP contribution in [0.4, 0.5) is 0 Å². The van der Waals surface area contributed by atoms with Crippen molar-refractivity contribution in [2.45, 2.75) is 0 Å². The van der Waals surface area contributed by atoms with Crippen LogP contribution in [0.25, 0.3) is 128 Å². The minimum atomic E-state index is 0.579. The summed E-state index contributed by atoms with van der Waals surface area (Å²) in [5.41, 5.74) is 13.7. The van der Waals surface area contributed by atoms with Gasteiger partial charge in [-0.15, -0.1) is 0 Å². The average molecular weight is 807 g/mol. The Bertz CT molecular complexity index is 3920. The Morgan fingerprint density at radius 3 is 1.38 bits per heavy atom. The molecule has 63 heavy (non-hydrogen) atoms. The lowest BCUT2D eigenvalue weighted by Crippen LogP contribution is -2.00. The van der Waals surface area contributed by atoms with Gasteiger partial charge in [-0.2, -0.15) is 0 Å². The molecule has 13 aromatic rings. The molecule has 4 aromatic heterocycles. The number of hydrogen-bond acceptors (Lipinski definition) is 5. The number of nitrogens with zero attached hydrogens (tertiary/aromatic N) is 4. The van der Waals surface area contributed by atoms with Gasteiger partial charge in [-0.05, 0) is 113 Å². The van der Waals surface area contributed by atoms with Crippen LogP contribution >= 0.6 is 0 Å². The van der Waals surface area contributed by atoms with Crippen LogP contribution in [0.3, 0.4) is 0 Å². The molecule has 13 rings (SSSR count). The fourth-order valence-corrected chi connectivity index (χ4v) is 9.22. The molecule has 0 saturated heterocycles. The lowest BCUT2D eigenvalue weighted by molar-refractivity contribution is 0.668. The second-order valence-corrected chi connectivity index (χ2v) is 16.0. The zero-order chi connectivity index (χ0) is 41.4. The van der Waals surface area contributed by atoms with Gasteiger partial charge in [0.25, 0.3) is 0 Å². The third-order valence-electron chi connectivity index (χ3n) is 12.2. The molecule has 0 radical (unpaired) electrons. The summed E-state index contributed by atoms with van der Waals surface area (Å²) in [5, 5.41) is 6.60. The van der Waals surface area contributed by atoms with Crippen molar-refractivity contribution in [2.75, 3.05) is 0 Å². The van der Waals surface area contributed by atoms with E-state index in [2.05, 4.69) is 138 Å². The maximum Gasteiger partial charge on any atom is 0.164 e. The first-order valence-corrected chi connectivity index (χ1v) is 21.1. The van der Waals surface area contributed by atoms with Gasteiger partial charge in [-0.25, -0.2) is 15.0 Å². The highest BCUT2D eigenvalue weighted by atomic mass is 16.3. The van der Waals surface area contributed by atoms with Gasteiger partial charge in [0.05, 0.1) is 11.0 Å². The van der Waals surface area contributed by atoms with Crippen molar-refractivity contribution in [2.24, 2.45) is 0 Å².